The number of rotatable bonds is 3. The number of furan rings is 1. The SMILES string of the molecule is Cc1cc(C)c(N(C2=CC34C=Cc5ccccc5C3(c3cc5ccoc5cc3O4)c3ccccc32)c2ccc3c(c2)C(C)(C)c2ccccc2-3)c(C)c1. The summed E-state index contributed by atoms with van der Waals surface area (Å²) in [5, 5.41) is 1.08. The van der Waals surface area contributed by atoms with Crippen molar-refractivity contribution in [1.82, 2.24) is 0 Å². The number of hydrogen-bond acceptors (Lipinski definition) is 3. The third-order valence-electron chi connectivity index (χ3n) is 12.6. The summed E-state index contributed by atoms with van der Waals surface area (Å²) >= 11 is 0. The molecule has 6 aromatic carbocycles. The molecule has 0 fully saturated rings. The third kappa shape index (κ3) is 3.79. The number of anilines is 2. The van der Waals surface area contributed by atoms with E-state index in [0.29, 0.717) is 0 Å². The Morgan fingerprint density at radius 2 is 1.30 bits per heavy atom. The fourth-order valence-electron chi connectivity index (χ4n) is 10.5. The van der Waals surface area contributed by atoms with E-state index in [1.54, 1.807) is 6.26 Å². The molecule has 0 N–H and O–H groups in total. The first-order valence-corrected chi connectivity index (χ1v) is 18.7. The Bertz CT molecular complexity index is 2770. The standard InChI is InChI=1S/C50H39NO2/c1-30-24-31(2)47(32(3)25-30)51(35-18-19-37-36-13-7-10-16-40(36)48(4,5)42(37)27-35)44-29-49-22-20-33-12-6-9-15-39(33)50(49,41-17-11-8-14-38(41)44)43-26-34-21-23-52-45(34)28-46(43)53-49/h6-29H,1-5H3. The van der Waals surface area contributed by atoms with Gasteiger partial charge in [-0.05, 0) is 107 Å². The molecule has 2 atom stereocenters. The number of aryl methyl sites for hydroxylation is 3. The second-order valence-corrected chi connectivity index (χ2v) is 15.9. The predicted molar refractivity (Wildman–Crippen MR) is 216 cm³/mol. The molecule has 0 saturated heterocycles. The minimum absolute atomic E-state index is 0.138. The van der Waals surface area contributed by atoms with Gasteiger partial charge in [0.05, 0.1) is 23.1 Å². The van der Waals surface area contributed by atoms with Crippen LogP contribution in [0.2, 0.25) is 0 Å². The number of hydrogen-bond donors (Lipinski definition) is 0. The summed E-state index contributed by atoms with van der Waals surface area (Å²) in [6, 6.07) is 44.9. The molecule has 53 heavy (non-hydrogen) atoms. The van der Waals surface area contributed by atoms with Crippen molar-refractivity contribution in [3.63, 3.8) is 0 Å². The number of fused-ring (bicyclic) bond motifs is 7. The topological polar surface area (TPSA) is 25.6 Å². The predicted octanol–water partition coefficient (Wildman–Crippen LogP) is 12.3. The van der Waals surface area contributed by atoms with Gasteiger partial charge in [-0.25, -0.2) is 0 Å². The van der Waals surface area contributed by atoms with Gasteiger partial charge >= 0.3 is 0 Å². The Labute approximate surface area is 310 Å². The van der Waals surface area contributed by atoms with Crippen LogP contribution >= 0.6 is 0 Å². The highest BCUT2D eigenvalue weighted by Crippen LogP contribution is 2.65. The molecule has 11 rings (SSSR count). The van der Waals surface area contributed by atoms with Crippen molar-refractivity contribution in [2.24, 2.45) is 0 Å². The highest BCUT2D eigenvalue weighted by Gasteiger charge is 2.64. The van der Waals surface area contributed by atoms with Gasteiger partial charge in [-0.3, -0.25) is 0 Å². The van der Waals surface area contributed by atoms with Crippen LogP contribution in [0.5, 0.6) is 5.75 Å². The summed E-state index contributed by atoms with van der Waals surface area (Å²) in [5.41, 5.74) is 17.8. The first-order valence-electron chi connectivity index (χ1n) is 18.7. The highest BCUT2D eigenvalue weighted by molar-refractivity contribution is 5.98. The van der Waals surface area contributed by atoms with E-state index in [1.807, 2.05) is 0 Å². The number of benzene rings is 6. The molecule has 0 bridgehead atoms. The number of ether oxygens (including phenoxy) is 1. The van der Waals surface area contributed by atoms with Crippen molar-refractivity contribution in [2.45, 2.75) is 51.0 Å². The Hall–Kier alpha value is -6.06. The van der Waals surface area contributed by atoms with Crippen LogP contribution in [0.25, 0.3) is 33.9 Å². The Kier molecular flexibility index (Phi) is 5.93. The fraction of sp³-hybridized carbons (Fsp3) is 0.160. The van der Waals surface area contributed by atoms with E-state index in [1.165, 1.54) is 66.9 Å². The lowest BCUT2D eigenvalue weighted by Crippen LogP contribution is -2.54. The number of nitrogens with zero attached hydrogens (tertiary/aromatic N) is 1. The van der Waals surface area contributed by atoms with Gasteiger partial charge in [-0.1, -0.05) is 116 Å². The maximum absolute atomic E-state index is 7.42. The van der Waals surface area contributed by atoms with Crippen LogP contribution in [0.15, 0.2) is 144 Å². The summed E-state index contributed by atoms with van der Waals surface area (Å²) < 4.78 is 13.4. The smallest absolute Gasteiger partial charge is 0.166 e. The van der Waals surface area contributed by atoms with Gasteiger partial charge in [0.1, 0.15) is 11.3 Å². The Morgan fingerprint density at radius 1 is 0.604 bits per heavy atom. The molecule has 0 saturated carbocycles. The maximum Gasteiger partial charge on any atom is 0.166 e. The molecule has 1 aliphatic heterocycles. The van der Waals surface area contributed by atoms with Gasteiger partial charge in [0.15, 0.2) is 5.60 Å². The molecule has 0 spiro atoms. The molecule has 0 radical (unpaired) electrons. The normalized spacial score (nSPS) is 20.7. The maximum atomic E-state index is 7.42. The molecule has 3 nitrogen and oxygen atoms in total. The Balaban J connectivity index is 1.24. The van der Waals surface area contributed by atoms with Gasteiger partial charge in [-0.2, -0.15) is 0 Å². The summed E-state index contributed by atoms with van der Waals surface area (Å²) in [5.74, 6) is 0.854. The second kappa shape index (κ2) is 10.3. The van der Waals surface area contributed by atoms with E-state index in [-0.39, 0.29) is 5.41 Å². The molecule has 7 aromatic rings. The minimum Gasteiger partial charge on any atom is -0.477 e. The molecule has 2 unspecified atom stereocenters. The summed E-state index contributed by atoms with van der Waals surface area (Å²) in [6.45, 7) is 11.4. The molecule has 3 aliphatic carbocycles. The lowest BCUT2D eigenvalue weighted by Gasteiger charge is -2.50. The lowest BCUT2D eigenvalue weighted by molar-refractivity contribution is 0.151. The van der Waals surface area contributed by atoms with Gasteiger partial charge in [0.25, 0.3) is 0 Å². The van der Waals surface area contributed by atoms with Crippen molar-refractivity contribution < 1.29 is 9.15 Å². The Morgan fingerprint density at radius 3 is 2.11 bits per heavy atom. The van der Waals surface area contributed by atoms with Crippen LogP contribution in [0.3, 0.4) is 0 Å². The molecular formula is C50H39NO2. The first-order chi connectivity index (χ1) is 25.7. The summed E-state index contributed by atoms with van der Waals surface area (Å²) in [7, 11) is 0. The van der Waals surface area contributed by atoms with E-state index in [9.17, 15) is 0 Å². The lowest BCUT2D eigenvalue weighted by atomic mass is 9.54. The quantitative estimate of drug-likeness (QED) is 0.185. The van der Waals surface area contributed by atoms with Crippen molar-refractivity contribution in [2.75, 3.05) is 4.90 Å². The molecule has 4 aliphatic rings. The van der Waals surface area contributed by atoms with Crippen molar-refractivity contribution in [3.8, 4) is 16.9 Å². The largest absolute Gasteiger partial charge is 0.477 e. The van der Waals surface area contributed by atoms with Gasteiger partial charge in [0.2, 0.25) is 0 Å². The zero-order valence-electron chi connectivity index (χ0n) is 30.6. The van der Waals surface area contributed by atoms with Crippen LogP contribution in [-0.4, -0.2) is 5.60 Å². The molecule has 2 heterocycles. The molecule has 1 aromatic heterocycles. The molecular weight excluding hydrogens is 647 g/mol. The average Bonchev–Trinajstić information content (AvgIpc) is 3.81. The molecule has 3 heteroatoms. The average molecular weight is 686 g/mol. The van der Waals surface area contributed by atoms with Crippen LogP contribution in [0.1, 0.15) is 69.5 Å². The van der Waals surface area contributed by atoms with Crippen molar-refractivity contribution in [1.29, 1.82) is 0 Å². The van der Waals surface area contributed by atoms with E-state index < -0.39 is 11.0 Å². The van der Waals surface area contributed by atoms with Gasteiger partial charge in [0, 0.05) is 33.7 Å². The zero-order valence-corrected chi connectivity index (χ0v) is 30.6. The highest BCUT2D eigenvalue weighted by atomic mass is 16.5. The minimum atomic E-state index is -0.844. The van der Waals surface area contributed by atoms with E-state index in [0.717, 1.165) is 33.7 Å². The molecule has 0 amide bonds. The van der Waals surface area contributed by atoms with E-state index in [2.05, 4.69) is 179 Å². The van der Waals surface area contributed by atoms with Gasteiger partial charge < -0.3 is 14.1 Å². The first kappa shape index (κ1) is 30.6. The third-order valence-corrected chi connectivity index (χ3v) is 12.6. The van der Waals surface area contributed by atoms with Crippen LogP contribution in [-0.2, 0) is 10.8 Å². The van der Waals surface area contributed by atoms with Crippen LogP contribution in [0, 0.1) is 20.8 Å². The zero-order chi connectivity index (χ0) is 35.9. The molecule has 256 valence electrons. The van der Waals surface area contributed by atoms with Crippen LogP contribution in [0.4, 0.5) is 11.4 Å². The van der Waals surface area contributed by atoms with Gasteiger partial charge in [-0.15, -0.1) is 0 Å². The summed E-state index contributed by atoms with van der Waals surface area (Å²) in [6.07, 6.45) is 8.76. The van der Waals surface area contributed by atoms with Crippen LogP contribution < -0.4 is 9.64 Å². The van der Waals surface area contributed by atoms with Crippen molar-refractivity contribution in [3.05, 3.63) is 195 Å². The van der Waals surface area contributed by atoms with E-state index >= 15 is 0 Å². The summed E-state index contributed by atoms with van der Waals surface area (Å²) in [4.78, 5) is 2.52. The fourth-order valence-corrected chi connectivity index (χ4v) is 10.5. The second-order valence-electron chi connectivity index (χ2n) is 15.9. The van der Waals surface area contributed by atoms with E-state index in [4.69, 9.17) is 9.15 Å². The van der Waals surface area contributed by atoms with Crippen molar-refractivity contribution >= 4 is 34.1 Å². The monoisotopic (exact) mass is 685 g/mol.